The summed E-state index contributed by atoms with van der Waals surface area (Å²) in [5.74, 6) is 0.974. The second-order valence-corrected chi connectivity index (χ2v) is 4.29. The van der Waals surface area contributed by atoms with E-state index >= 15 is 0 Å². The van der Waals surface area contributed by atoms with Crippen molar-refractivity contribution in [3.8, 4) is 0 Å². The quantitative estimate of drug-likeness (QED) is 0.561. The fourth-order valence-corrected chi connectivity index (χ4v) is 2.41. The predicted molar refractivity (Wildman–Crippen MR) is 53.4 cm³/mol. The number of Topliss-reactive ketones (excluding diaryl/α,β-unsaturated/α-hetero) is 1. The van der Waals surface area contributed by atoms with Gasteiger partial charge in [0.25, 0.3) is 0 Å². The van der Waals surface area contributed by atoms with Crippen LogP contribution in [0, 0.1) is 5.92 Å². The van der Waals surface area contributed by atoms with E-state index in [1.54, 1.807) is 0 Å². The normalized spacial score (nSPS) is 27.8. The van der Waals surface area contributed by atoms with Crippen LogP contribution in [-0.2, 0) is 4.79 Å². The van der Waals surface area contributed by atoms with Gasteiger partial charge in [0.15, 0.2) is 5.78 Å². The standard InChI is InChI=1S/C12H16O/c1-8(2)10-4-3-9-5-6-12(13)11(9)7-10/h10H,1,3-7H2,2H3/t10-/m0/s1. The maximum absolute atomic E-state index is 11.5. The van der Waals surface area contributed by atoms with Crippen molar-refractivity contribution in [1.82, 2.24) is 0 Å². The SMILES string of the molecule is C=C(C)[C@H]1CCC2=C(C1)C(=O)CC2. The number of rotatable bonds is 1. The van der Waals surface area contributed by atoms with E-state index in [-0.39, 0.29) is 0 Å². The first-order valence-corrected chi connectivity index (χ1v) is 5.08. The molecule has 1 heteroatoms. The van der Waals surface area contributed by atoms with Crippen molar-refractivity contribution < 1.29 is 4.79 Å². The number of hydrogen-bond acceptors (Lipinski definition) is 1. The third-order valence-corrected chi connectivity index (χ3v) is 3.36. The van der Waals surface area contributed by atoms with E-state index in [4.69, 9.17) is 0 Å². The summed E-state index contributed by atoms with van der Waals surface area (Å²) < 4.78 is 0. The smallest absolute Gasteiger partial charge is 0.159 e. The molecule has 2 rings (SSSR count). The Morgan fingerprint density at radius 3 is 2.85 bits per heavy atom. The Hall–Kier alpha value is -0.850. The monoisotopic (exact) mass is 176 g/mol. The van der Waals surface area contributed by atoms with Crippen molar-refractivity contribution in [3.63, 3.8) is 0 Å². The molecule has 0 N–H and O–H groups in total. The van der Waals surface area contributed by atoms with Crippen molar-refractivity contribution in [2.24, 2.45) is 5.92 Å². The van der Waals surface area contributed by atoms with Gasteiger partial charge < -0.3 is 0 Å². The summed E-state index contributed by atoms with van der Waals surface area (Å²) in [7, 11) is 0. The van der Waals surface area contributed by atoms with E-state index < -0.39 is 0 Å². The number of carbonyl (C=O) groups excluding carboxylic acids is 1. The zero-order chi connectivity index (χ0) is 9.42. The van der Waals surface area contributed by atoms with Crippen LogP contribution in [0.3, 0.4) is 0 Å². The van der Waals surface area contributed by atoms with Gasteiger partial charge in [-0.25, -0.2) is 0 Å². The fourth-order valence-electron chi connectivity index (χ4n) is 2.41. The Morgan fingerprint density at radius 1 is 1.38 bits per heavy atom. The van der Waals surface area contributed by atoms with Crippen molar-refractivity contribution in [1.29, 1.82) is 0 Å². The Labute approximate surface area is 79.5 Å². The first-order valence-electron chi connectivity index (χ1n) is 5.08. The summed E-state index contributed by atoms with van der Waals surface area (Å²) in [5.41, 5.74) is 3.84. The zero-order valence-electron chi connectivity index (χ0n) is 8.23. The van der Waals surface area contributed by atoms with Crippen LogP contribution in [0.4, 0.5) is 0 Å². The maximum Gasteiger partial charge on any atom is 0.159 e. The molecule has 0 spiro atoms. The topological polar surface area (TPSA) is 17.1 Å². The van der Waals surface area contributed by atoms with Crippen molar-refractivity contribution >= 4 is 5.78 Å². The second kappa shape index (κ2) is 3.13. The molecule has 0 aromatic rings. The highest BCUT2D eigenvalue weighted by Crippen LogP contribution is 2.39. The van der Waals surface area contributed by atoms with Crippen LogP contribution < -0.4 is 0 Å². The summed E-state index contributed by atoms with van der Waals surface area (Å²) in [6, 6.07) is 0. The lowest BCUT2D eigenvalue weighted by molar-refractivity contribution is -0.115. The Morgan fingerprint density at radius 2 is 2.15 bits per heavy atom. The summed E-state index contributed by atoms with van der Waals surface area (Å²) in [6.45, 7) is 6.06. The average Bonchev–Trinajstić information content (AvgIpc) is 2.47. The van der Waals surface area contributed by atoms with E-state index in [0.717, 1.165) is 31.3 Å². The summed E-state index contributed by atoms with van der Waals surface area (Å²) in [6.07, 6.45) is 5.13. The van der Waals surface area contributed by atoms with Crippen LogP contribution in [0.1, 0.15) is 39.0 Å². The van der Waals surface area contributed by atoms with Crippen LogP contribution in [-0.4, -0.2) is 5.78 Å². The summed E-state index contributed by atoms with van der Waals surface area (Å²) >= 11 is 0. The lowest BCUT2D eigenvalue weighted by atomic mass is 9.82. The molecule has 0 aliphatic heterocycles. The molecule has 0 amide bonds. The van der Waals surface area contributed by atoms with Crippen LogP contribution in [0.5, 0.6) is 0 Å². The van der Waals surface area contributed by atoms with Crippen LogP contribution in [0.25, 0.3) is 0 Å². The first kappa shape index (κ1) is 8.74. The Kier molecular flexibility index (Phi) is 2.10. The van der Waals surface area contributed by atoms with Gasteiger partial charge in [0.1, 0.15) is 0 Å². The third kappa shape index (κ3) is 1.48. The van der Waals surface area contributed by atoms with E-state index in [1.807, 2.05) is 0 Å². The van der Waals surface area contributed by atoms with Crippen molar-refractivity contribution in [2.75, 3.05) is 0 Å². The second-order valence-electron chi connectivity index (χ2n) is 4.29. The van der Waals surface area contributed by atoms with Crippen molar-refractivity contribution in [2.45, 2.75) is 39.0 Å². The molecule has 0 saturated heterocycles. The largest absolute Gasteiger partial charge is 0.295 e. The lowest BCUT2D eigenvalue weighted by Crippen LogP contribution is -2.12. The van der Waals surface area contributed by atoms with Crippen molar-refractivity contribution in [3.05, 3.63) is 23.3 Å². The minimum absolute atomic E-state index is 0.404. The highest BCUT2D eigenvalue weighted by Gasteiger charge is 2.29. The molecular weight excluding hydrogens is 160 g/mol. The van der Waals surface area contributed by atoms with E-state index in [0.29, 0.717) is 11.7 Å². The molecule has 0 fully saturated rings. The van der Waals surface area contributed by atoms with Gasteiger partial charge in [0, 0.05) is 6.42 Å². The van der Waals surface area contributed by atoms with Gasteiger partial charge in [-0.1, -0.05) is 17.7 Å². The Bertz CT molecular complexity index is 296. The Balaban J connectivity index is 2.18. The number of allylic oxidation sites excluding steroid dienone is 3. The molecule has 0 saturated carbocycles. The van der Waals surface area contributed by atoms with Gasteiger partial charge in [-0.3, -0.25) is 4.79 Å². The molecule has 70 valence electrons. The van der Waals surface area contributed by atoms with Gasteiger partial charge in [0.2, 0.25) is 0 Å². The predicted octanol–water partition coefficient (Wildman–Crippen LogP) is 3.02. The molecule has 1 nitrogen and oxygen atoms in total. The molecule has 0 unspecified atom stereocenters. The first-order chi connectivity index (χ1) is 6.18. The van der Waals surface area contributed by atoms with Gasteiger partial charge in [-0.2, -0.15) is 0 Å². The highest BCUT2D eigenvalue weighted by atomic mass is 16.1. The van der Waals surface area contributed by atoms with E-state index in [2.05, 4.69) is 13.5 Å². The molecule has 0 aromatic heterocycles. The molecule has 1 atom stereocenters. The highest BCUT2D eigenvalue weighted by molar-refractivity contribution is 5.98. The number of ketones is 1. The molecule has 0 radical (unpaired) electrons. The minimum Gasteiger partial charge on any atom is -0.295 e. The molecule has 0 bridgehead atoms. The fraction of sp³-hybridized carbons (Fsp3) is 0.583. The van der Waals surface area contributed by atoms with Crippen LogP contribution in [0.15, 0.2) is 23.3 Å². The van der Waals surface area contributed by atoms with Crippen LogP contribution in [0.2, 0.25) is 0 Å². The molecule has 2 aliphatic carbocycles. The third-order valence-electron chi connectivity index (χ3n) is 3.36. The van der Waals surface area contributed by atoms with Gasteiger partial charge in [0.05, 0.1) is 0 Å². The van der Waals surface area contributed by atoms with Crippen LogP contribution >= 0.6 is 0 Å². The molecular formula is C12H16O. The summed E-state index contributed by atoms with van der Waals surface area (Å²) in [5, 5.41) is 0. The minimum atomic E-state index is 0.404. The molecule has 0 heterocycles. The molecule has 2 aliphatic rings. The van der Waals surface area contributed by atoms with Gasteiger partial charge >= 0.3 is 0 Å². The van der Waals surface area contributed by atoms with Gasteiger partial charge in [-0.05, 0) is 44.1 Å². The van der Waals surface area contributed by atoms with Gasteiger partial charge in [-0.15, -0.1) is 0 Å². The molecule has 13 heavy (non-hydrogen) atoms. The molecule has 0 aromatic carbocycles. The maximum atomic E-state index is 11.5. The number of carbonyl (C=O) groups is 1. The lowest BCUT2D eigenvalue weighted by Gasteiger charge is -2.23. The van der Waals surface area contributed by atoms with E-state index in [9.17, 15) is 4.79 Å². The average molecular weight is 176 g/mol. The zero-order valence-corrected chi connectivity index (χ0v) is 8.23. The summed E-state index contributed by atoms with van der Waals surface area (Å²) in [4.78, 5) is 11.5. The van der Waals surface area contributed by atoms with E-state index in [1.165, 1.54) is 17.6 Å². The number of hydrogen-bond donors (Lipinski definition) is 0.